The number of hydrogen-bond acceptors (Lipinski definition) is 3. The second-order valence-electron chi connectivity index (χ2n) is 3.53. The van der Waals surface area contributed by atoms with E-state index in [4.69, 9.17) is 10.5 Å². The van der Waals surface area contributed by atoms with Crippen molar-refractivity contribution >= 4 is 0 Å². The summed E-state index contributed by atoms with van der Waals surface area (Å²) < 4.78 is 5.26. The molecule has 3 N–H and O–H groups in total. The Morgan fingerprint density at radius 1 is 1.29 bits per heavy atom. The molecule has 1 unspecified atom stereocenters. The van der Waals surface area contributed by atoms with Crippen LogP contribution in [-0.4, -0.2) is 12.2 Å². The van der Waals surface area contributed by atoms with Gasteiger partial charge in [0.1, 0.15) is 12.0 Å². The molecule has 1 rings (SSSR count). The topological polar surface area (TPSA) is 55.5 Å². The van der Waals surface area contributed by atoms with Gasteiger partial charge in [0.25, 0.3) is 0 Å². The van der Waals surface area contributed by atoms with E-state index in [1.54, 1.807) is 7.11 Å². The normalized spacial score (nSPS) is 12.7. The first-order valence-corrected chi connectivity index (χ1v) is 4.57. The summed E-state index contributed by atoms with van der Waals surface area (Å²) in [5.74, 6) is 0.692. The molecule has 14 heavy (non-hydrogen) atoms. The molecule has 0 fully saturated rings. The third-order valence-electron chi connectivity index (χ3n) is 2.53. The second-order valence-corrected chi connectivity index (χ2v) is 3.53. The van der Waals surface area contributed by atoms with E-state index in [0.29, 0.717) is 11.3 Å². The van der Waals surface area contributed by atoms with E-state index in [1.807, 2.05) is 26.8 Å². The second kappa shape index (κ2) is 3.98. The van der Waals surface area contributed by atoms with Crippen molar-refractivity contribution in [1.82, 2.24) is 0 Å². The van der Waals surface area contributed by atoms with Crippen LogP contribution in [0.15, 0.2) is 6.07 Å². The first-order valence-electron chi connectivity index (χ1n) is 4.57. The summed E-state index contributed by atoms with van der Waals surface area (Å²) in [5, 5.41) is 9.43. The number of ether oxygens (including phenoxy) is 1. The van der Waals surface area contributed by atoms with Crippen LogP contribution in [0.25, 0.3) is 0 Å². The SMILES string of the molecule is COc1c(C)c(C)cc(C)c1C(N)O. The lowest BCUT2D eigenvalue weighted by atomic mass is 9.98. The molecule has 0 bridgehead atoms. The highest BCUT2D eigenvalue weighted by Crippen LogP contribution is 2.32. The number of nitrogens with two attached hydrogens (primary N) is 1. The summed E-state index contributed by atoms with van der Waals surface area (Å²) in [5.41, 5.74) is 9.29. The molecule has 3 nitrogen and oxygen atoms in total. The van der Waals surface area contributed by atoms with Crippen LogP contribution in [-0.2, 0) is 0 Å². The number of rotatable bonds is 2. The van der Waals surface area contributed by atoms with Crippen LogP contribution in [0.2, 0.25) is 0 Å². The van der Waals surface area contributed by atoms with Crippen LogP contribution in [0.4, 0.5) is 0 Å². The Morgan fingerprint density at radius 2 is 1.86 bits per heavy atom. The Balaban J connectivity index is 3.47. The van der Waals surface area contributed by atoms with Gasteiger partial charge >= 0.3 is 0 Å². The monoisotopic (exact) mass is 195 g/mol. The number of aryl methyl sites for hydroxylation is 2. The van der Waals surface area contributed by atoms with Crippen molar-refractivity contribution in [3.63, 3.8) is 0 Å². The highest BCUT2D eigenvalue weighted by molar-refractivity contribution is 5.50. The van der Waals surface area contributed by atoms with Gasteiger partial charge in [-0.1, -0.05) is 6.07 Å². The molecule has 1 atom stereocenters. The molecule has 0 aliphatic heterocycles. The van der Waals surface area contributed by atoms with Gasteiger partial charge in [0.05, 0.1) is 7.11 Å². The summed E-state index contributed by atoms with van der Waals surface area (Å²) in [4.78, 5) is 0. The fourth-order valence-corrected chi connectivity index (χ4v) is 1.70. The van der Waals surface area contributed by atoms with Crippen molar-refractivity contribution in [3.8, 4) is 5.75 Å². The average Bonchev–Trinajstić information content (AvgIpc) is 2.09. The minimum Gasteiger partial charge on any atom is -0.496 e. The van der Waals surface area contributed by atoms with E-state index >= 15 is 0 Å². The first-order chi connectivity index (χ1) is 6.49. The Labute approximate surface area is 84.5 Å². The molecule has 0 aliphatic carbocycles. The molecule has 0 radical (unpaired) electrons. The molecule has 0 aromatic heterocycles. The largest absolute Gasteiger partial charge is 0.496 e. The maximum absolute atomic E-state index is 9.43. The molecule has 0 aliphatic rings. The van der Waals surface area contributed by atoms with Gasteiger partial charge in [-0.2, -0.15) is 0 Å². The van der Waals surface area contributed by atoms with E-state index in [0.717, 1.165) is 16.7 Å². The van der Waals surface area contributed by atoms with Crippen molar-refractivity contribution < 1.29 is 9.84 Å². The van der Waals surface area contributed by atoms with Gasteiger partial charge in [-0.15, -0.1) is 0 Å². The predicted octanol–water partition coefficient (Wildman–Crippen LogP) is 1.57. The molecule has 1 aromatic rings. The molecule has 0 amide bonds. The molecule has 78 valence electrons. The van der Waals surface area contributed by atoms with Gasteiger partial charge in [0, 0.05) is 5.56 Å². The van der Waals surface area contributed by atoms with E-state index in [1.165, 1.54) is 0 Å². The van der Waals surface area contributed by atoms with E-state index in [2.05, 4.69) is 0 Å². The third-order valence-corrected chi connectivity index (χ3v) is 2.53. The number of aliphatic hydroxyl groups excluding tert-OH is 1. The summed E-state index contributed by atoms with van der Waals surface area (Å²) in [7, 11) is 1.59. The van der Waals surface area contributed by atoms with Gasteiger partial charge in [0.15, 0.2) is 0 Å². The van der Waals surface area contributed by atoms with Gasteiger partial charge < -0.3 is 15.6 Å². The molecule has 3 heteroatoms. The van der Waals surface area contributed by atoms with Crippen LogP contribution in [0.1, 0.15) is 28.5 Å². The maximum Gasteiger partial charge on any atom is 0.132 e. The van der Waals surface area contributed by atoms with Crippen molar-refractivity contribution in [2.45, 2.75) is 27.0 Å². The zero-order chi connectivity index (χ0) is 10.9. The molecule has 0 heterocycles. The predicted molar refractivity (Wildman–Crippen MR) is 56.4 cm³/mol. The molecule has 1 aromatic carbocycles. The van der Waals surface area contributed by atoms with Crippen molar-refractivity contribution in [1.29, 1.82) is 0 Å². The lowest BCUT2D eigenvalue weighted by Crippen LogP contribution is -2.13. The van der Waals surface area contributed by atoms with Gasteiger partial charge in [0.2, 0.25) is 0 Å². The van der Waals surface area contributed by atoms with Crippen LogP contribution in [0.3, 0.4) is 0 Å². The Morgan fingerprint density at radius 3 is 2.29 bits per heavy atom. The number of methoxy groups -OCH3 is 1. The molecule has 0 saturated heterocycles. The fraction of sp³-hybridized carbons (Fsp3) is 0.455. The minimum atomic E-state index is -0.982. The Kier molecular flexibility index (Phi) is 3.13. The van der Waals surface area contributed by atoms with Crippen molar-refractivity contribution in [2.75, 3.05) is 7.11 Å². The van der Waals surface area contributed by atoms with Crippen LogP contribution in [0, 0.1) is 20.8 Å². The smallest absolute Gasteiger partial charge is 0.132 e. The molecular formula is C11H17NO2. The summed E-state index contributed by atoms with van der Waals surface area (Å²) in [6, 6.07) is 2.00. The number of benzene rings is 1. The lowest BCUT2D eigenvalue weighted by Gasteiger charge is -2.18. The molecular weight excluding hydrogens is 178 g/mol. The summed E-state index contributed by atoms with van der Waals surface area (Å²) in [6.07, 6.45) is -0.982. The van der Waals surface area contributed by atoms with Gasteiger partial charge in [-0.05, 0) is 37.5 Å². The number of hydrogen-bond donors (Lipinski definition) is 2. The highest BCUT2D eigenvalue weighted by Gasteiger charge is 2.16. The van der Waals surface area contributed by atoms with Crippen LogP contribution < -0.4 is 10.5 Å². The number of aliphatic hydroxyl groups is 1. The average molecular weight is 195 g/mol. The van der Waals surface area contributed by atoms with Gasteiger partial charge in [-0.3, -0.25) is 0 Å². The van der Waals surface area contributed by atoms with E-state index in [9.17, 15) is 5.11 Å². The Bertz CT molecular complexity index is 346. The van der Waals surface area contributed by atoms with Crippen LogP contribution in [0.5, 0.6) is 5.75 Å². The van der Waals surface area contributed by atoms with Crippen molar-refractivity contribution in [2.24, 2.45) is 5.73 Å². The summed E-state index contributed by atoms with van der Waals surface area (Å²) in [6.45, 7) is 5.89. The standard InChI is InChI=1S/C11H17NO2/c1-6-5-7(2)9(11(12)13)10(14-4)8(6)3/h5,11,13H,12H2,1-4H3. The minimum absolute atomic E-state index is 0.676. The van der Waals surface area contributed by atoms with Gasteiger partial charge in [-0.25, -0.2) is 0 Å². The molecule has 0 saturated carbocycles. The van der Waals surface area contributed by atoms with Crippen LogP contribution >= 0.6 is 0 Å². The van der Waals surface area contributed by atoms with E-state index < -0.39 is 6.23 Å². The highest BCUT2D eigenvalue weighted by atomic mass is 16.5. The quantitative estimate of drug-likeness (QED) is 0.704. The first kappa shape index (κ1) is 11.0. The fourth-order valence-electron chi connectivity index (χ4n) is 1.70. The zero-order valence-electron chi connectivity index (χ0n) is 9.09. The van der Waals surface area contributed by atoms with Crippen molar-refractivity contribution in [3.05, 3.63) is 28.3 Å². The van der Waals surface area contributed by atoms with E-state index in [-0.39, 0.29) is 0 Å². The lowest BCUT2D eigenvalue weighted by molar-refractivity contribution is 0.180. The molecule has 0 spiro atoms. The zero-order valence-corrected chi connectivity index (χ0v) is 9.09. The Hall–Kier alpha value is -1.06. The maximum atomic E-state index is 9.43. The third kappa shape index (κ3) is 1.74. The summed E-state index contributed by atoms with van der Waals surface area (Å²) >= 11 is 0.